The minimum absolute atomic E-state index is 0.105. The standard InChI is InChI=1S/C20H25FN2O3/c1-14(18-11-17(25-3)9-10-19(18)26-4)22-20(24)13-23(2)12-15-5-7-16(21)8-6-15/h5-11,14H,12-13H2,1-4H3,(H,22,24). The molecule has 1 amide bonds. The zero-order valence-corrected chi connectivity index (χ0v) is 15.6. The van der Waals surface area contributed by atoms with Gasteiger partial charge in [-0.05, 0) is 49.9 Å². The summed E-state index contributed by atoms with van der Waals surface area (Å²) in [6.45, 7) is 2.69. The van der Waals surface area contributed by atoms with Crippen LogP contribution in [-0.2, 0) is 11.3 Å². The molecule has 2 aromatic rings. The molecule has 0 radical (unpaired) electrons. The fourth-order valence-corrected chi connectivity index (χ4v) is 2.75. The van der Waals surface area contributed by atoms with Gasteiger partial charge in [0.15, 0.2) is 0 Å². The summed E-state index contributed by atoms with van der Waals surface area (Å²) in [6, 6.07) is 11.5. The molecule has 0 aliphatic heterocycles. The van der Waals surface area contributed by atoms with Gasteiger partial charge in [0.2, 0.25) is 5.91 Å². The SMILES string of the molecule is COc1ccc(OC)c(C(C)NC(=O)CN(C)Cc2ccc(F)cc2)c1. The van der Waals surface area contributed by atoms with Gasteiger partial charge in [0, 0.05) is 12.1 Å². The molecule has 0 saturated heterocycles. The van der Waals surface area contributed by atoms with E-state index in [2.05, 4.69) is 5.32 Å². The number of likely N-dealkylation sites (N-methyl/N-ethyl adjacent to an activating group) is 1. The van der Waals surface area contributed by atoms with Crippen molar-refractivity contribution in [2.75, 3.05) is 27.8 Å². The Hall–Kier alpha value is -2.60. The van der Waals surface area contributed by atoms with Gasteiger partial charge in [-0.2, -0.15) is 0 Å². The number of carbonyl (C=O) groups is 1. The average Bonchev–Trinajstić information content (AvgIpc) is 2.62. The smallest absolute Gasteiger partial charge is 0.234 e. The van der Waals surface area contributed by atoms with Crippen LogP contribution in [-0.4, -0.2) is 38.6 Å². The molecule has 0 aromatic heterocycles. The Balaban J connectivity index is 1.95. The van der Waals surface area contributed by atoms with Crippen molar-refractivity contribution < 1.29 is 18.7 Å². The van der Waals surface area contributed by atoms with Crippen molar-refractivity contribution >= 4 is 5.91 Å². The van der Waals surface area contributed by atoms with Gasteiger partial charge in [0.1, 0.15) is 17.3 Å². The summed E-state index contributed by atoms with van der Waals surface area (Å²) >= 11 is 0. The maximum absolute atomic E-state index is 13.0. The van der Waals surface area contributed by atoms with E-state index in [9.17, 15) is 9.18 Å². The van der Waals surface area contributed by atoms with Crippen LogP contribution in [0.25, 0.3) is 0 Å². The van der Waals surface area contributed by atoms with E-state index in [0.717, 1.165) is 11.1 Å². The number of rotatable bonds is 8. The lowest BCUT2D eigenvalue weighted by atomic mass is 10.1. The zero-order valence-electron chi connectivity index (χ0n) is 15.6. The minimum atomic E-state index is -0.268. The van der Waals surface area contributed by atoms with Gasteiger partial charge in [-0.25, -0.2) is 4.39 Å². The molecule has 1 atom stereocenters. The van der Waals surface area contributed by atoms with Gasteiger partial charge in [-0.3, -0.25) is 9.69 Å². The second kappa shape index (κ2) is 9.20. The molecule has 2 rings (SSSR count). The molecule has 0 bridgehead atoms. The predicted octanol–water partition coefficient (Wildman–Crippen LogP) is 3.15. The van der Waals surface area contributed by atoms with Gasteiger partial charge in [-0.1, -0.05) is 12.1 Å². The fourth-order valence-electron chi connectivity index (χ4n) is 2.75. The summed E-state index contributed by atoms with van der Waals surface area (Å²) < 4.78 is 23.6. The van der Waals surface area contributed by atoms with E-state index in [-0.39, 0.29) is 24.3 Å². The van der Waals surface area contributed by atoms with Gasteiger partial charge in [0.25, 0.3) is 0 Å². The maximum Gasteiger partial charge on any atom is 0.234 e. The zero-order chi connectivity index (χ0) is 19.1. The molecule has 6 heteroatoms. The average molecular weight is 360 g/mol. The first-order chi connectivity index (χ1) is 12.4. The molecule has 1 N–H and O–H groups in total. The molecule has 5 nitrogen and oxygen atoms in total. The molecule has 26 heavy (non-hydrogen) atoms. The lowest BCUT2D eigenvalue weighted by Crippen LogP contribution is -2.36. The molecule has 0 fully saturated rings. The number of nitrogens with zero attached hydrogens (tertiary/aromatic N) is 1. The number of amides is 1. The monoisotopic (exact) mass is 360 g/mol. The van der Waals surface area contributed by atoms with E-state index >= 15 is 0 Å². The van der Waals surface area contributed by atoms with E-state index < -0.39 is 0 Å². The Bertz CT molecular complexity index is 734. The number of nitrogens with one attached hydrogen (secondary N) is 1. The lowest BCUT2D eigenvalue weighted by Gasteiger charge is -2.21. The third-order valence-electron chi connectivity index (χ3n) is 4.06. The Morgan fingerprint density at radius 2 is 1.85 bits per heavy atom. The normalized spacial score (nSPS) is 11.9. The Morgan fingerprint density at radius 1 is 1.15 bits per heavy atom. The van der Waals surface area contributed by atoms with Gasteiger partial charge < -0.3 is 14.8 Å². The molecular weight excluding hydrogens is 335 g/mol. The van der Waals surface area contributed by atoms with Crippen molar-refractivity contribution in [1.82, 2.24) is 10.2 Å². The predicted molar refractivity (Wildman–Crippen MR) is 98.8 cm³/mol. The molecule has 0 saturated carbocycles. The number of hydrogen-bond acceptors (Lipinski definition) is 4. The van der Waals surface area contributed by atoms with Crippen molar-refractivity contribution in [3.63, 3.8) is 0 Å². The highest BCUT2D eigenvalue weighted by Gasteiger charge is 2.16. The van der Waals surface area contributed by atoms with Crippen LogP contribution in [0.2, 0.25) is 0 Å². The van der Waals surface area contributed by atoms with E-state index in [0.29, 0.717) is 18.0 Å². The summed E-state index contributed by atoms with van der Waals surface area (Å²) in [4.78, 5) is 14.2. The number of halogens is 1. The van der Waals surface area contributed by atoms with E-state index in [1.165, 1.54) is 12.1 Å². The van der Waals surface area contributed by atoms with Crippen LogP contribution in [0.15, 0.2) is 42.5 Å². The fraction of sp³-hybridized carbons (Fsp3) is 0.350. The third kappa shape index (κ3) is 5.46. The van der Waals surface area contributed by atoms with Gasteiger partial charge in [0.05, 0.1) is 26.8 Å². The Kier molecular flexibility index (Phi) is 6.97. The molecule has 0 aliphatic carbocycles. The van der Waals surface area contributed by atoms with Crippen molar-refractivity contribution in [2.24, 2.45) is 0 Å². The lowest BCUT2D eigenvalue weighted by molar-refractivity contribution is -0.122. The molecule has 2 aromatic carbocycles. The van der Waals surface area contributed by atoms with Crippen LogP contribution in [0.1, 0.15) is 24.1 Å². The number of carbonyl (C=O) groups excluding carboxylic acids is 1. The van der Waals surface area contributed by atoms with E-state index in [1.807, 2.05) is 37.1 Å². The largest absolute Gasteiger partial charge is 0.497 e. The summed E-state index contributed by atoms with van der Waals surface area (Å²) in [5.41, 5.74) is 1.80. The minimum Gasteiger partial charge on any atom is -0.497 e. The van der Waals surface area contributed by atoms with Crippen LogP contribution in [0.3, 0.4) is 0 Å². The van der Waals surface area contributed by atoms with Crippen LogP contribution in [0.4, 0.5) is 4.39 Å². The molecule has 0 aliphatic rings. The van der Waals surface area contributed by atoms with Crippen molar-refractivity contribution in [3.8, 4) is 11.5 Å². The second-order valence-electron chi connectivity index (χ2n) is 6.20. The van der Waals surface area contributed by atoms with Gasteiger partial charge in [-0.15, -0.1) is 0 Å². The summed E-state index contributed by atoms with van der Waals surface area (Å²) in [7, 11) is 5.04. The van der Waals surface area contributed by atoms with Crippen molar-refractivity contribution in [1.29, 1.82) is 0 Å². The van der Waals surface area contributed by atoms with Crippen LogP contribution in [0, 0.1) is 5.82 Å². The first-order valence-corrected chi connectivity index (χ1v) is 8.37. The Labute approximate surface area is 153 Å². The number of methoxy groups -OCH3 is 2. The topological polar surface area (TPSA) is 50.8 Å². The molecule has 1 unspecified atom stereocenters. The highest BCUT2D eigenvalue weighted by Crippen LogP contribution is 2.29. The second-order valence-corrected chi connectivity index (χ2v) is 6.20. The van der Waals surface area contributed by atoms with Crippen LogP contribution < -0.4 is 14.8 Å². The number of benzene rings is 2. The molecule has 0 spiro atoms. The summed E-state index contributed by atoms with van der Waals surface area (Å²) in [5.74, 6) is 1.02. The van der Waals surface area contributed by atoms with E-state index in [1.54, 1.807) is 26.4 Å². The molecule has 0 heterocycles. The van der Waals surface area contributed by atoms with Gasteiger partial charge >= 0.3 is 0 Å². The number of ether oxygens (including phenoxy) is 2. The first kappa shape index (κ1) is 19.7. The highest BCUT2D eigenvalue weighted by atomic mass is 19.1. The van der Waals surface area contributed by atoms with Crippen molar-refractivity contribution in [3.05, 3.63) is 59.4 Å². The maximum atomic E-state index is 13.0. The van der Waals surface area contributed by atoms with Crippen LogP contribution in [0.5, 0.6) is 11.5 Å². The highest BCUT2D eigenvalue weighted by molar-refractivity contribution is 5.78. The summed E-state index contributed by atoms with van der Waals surface area (Å²) in [6.07, 6.45) is 0. The quantitative estimate of drug-likeness (QED) is 0.786. The van der Waals surface area contributed by atoms with E-state index in [4.69, 9.17) is 9.47 Å². The molecular formula is C20H25FN2O3. The first-order valence-electron chi connectivity index (χ1n) is 8.37. The number of hydrogen-bond donors (Lipinski definition) is 1. The molecule has 140 valence electrons. The van der Waals surface area contributed by atoms with Crippen LogP contribution >= 0.6 is 0 Å². The summed E-state index contributed by atoms with van der Waals surface area (Å²) in [5, 5.41) is 2.97. The van der Waals surface area contributed by atoms with Crippen molar-refractivity contribution in [2.45, 2.75) is 19.5 Å². The third-order valence-corrected chi connectivity index (χ3v) is 4.06. The Morgan fingerprint density at radius 3 is 2.46 bits per heavy atom.